The average Bonchev–Trinajstić information content (AvgIpc) is 3.19. The summed E-state index contributed by atoms with van der Waals surface area (Å²) in [6.45, 7) is 1.26. The summed E-state index contributed by atoms with van der Waals surface area (Å²) in [7, 11) is 1.65. The summed E-state index contributed by atoms with van der Waals surface area (Å²) in [4.78, 5) is 15.9. The van der Waals surface area contributed by atoms with Crippen molar-refractivity contribution >= 4 is 11.6 Å². The van der Waals surface area contributed by atoms with Crippen LogP contribution in [0.1, 0.15) is 29.8 Å². The Morgan fingerprint density at radius 2 is 2.33 bits per heavy atom. The van der Waals surface area contributed by atoms with Crippen molar-refractivity contribution in [2.75, 3.05) is 25.6 Å². The van der Waals surface area contributed by atoms with E-state index >= 15 is 0 Å². The molecule has 0 bridgehead atoms. The van der Waals surface area contributed by atoms with Crippen molar-refractivity contribution in [3.63, 3.8) is 0 Å². The summed E-state index contributed by atoms with van der Waals surface area (Å²) < 4.78 is 4.91. The zero-order valence-electron chi connectivity index (χ0n) is 10.6. The van der Waals surface area contributed by atoms with Crippen LogP contribution < -0.4 is 10.6 Å². The van der Waals surface area contributed by atoms with E-state index in [0.29, 0.717) is 24.9 Å². The van der Waals surface area contributed by atoms with Crippen molar-refractivity contribution in [1.82, 2.24) is 10.3 Å². The van der Waals surface area contributed by atoms with E-state index in [0.717, 1.165) is 12.1 Å². The lowest BCUT2D eigenvalue weighted by Gasteiger charge is -2.06. The van der Waals surface area contributed by atoms with Gasteiger partial charge in [0.2, 0.25) is 0 Å². The van der Waals surface area contributed by atoms with Gasteiger partial charge in [0, 0.05) is 26.3 Å². The monoisotopic (exact) mass is 249 g/mol. The van der Waals surface area contributed by atoms with Crippen molar-refractivity contribution in [2.45, 2.75) is 25.3 Å². The van der Waals surface area contributed by atoms with Crippen molar-refractivity contribution < 1.29 is 9.53 Å². The molecule has 98 valence electrons. The fraction of sp³-hybridized carbons (Fsp3) is 0.538. The number of carbonyl (C=O) groups excluding carboxylic acids is 1. The Kier molecular flexibility index (Phi) is 4.52. The van der Waals surface area contributed by atoms with E-state index in [-0.39, 0.29) is 5.91 Å². The lowest BCUT2D eigenvalue weighted by atomic mass is 10.3. The van der Waals surface area contributed by atoms with E-state index in [4.69, 9.17) is 4.74 Å². The number of amides is 1. The molecular formula is C13H19N3O2. The second-order valence-electron chi connectivity index (χ2n) is 4.45. The van der Waals surface area contributed by atoms with Gasteiger partial charge in [-0.1, -0.05) is 0 Å². The number of ether oxygens (including phenoxy) is 1. The lowest BCUT2D eigenvalue weighted by molar-refractivity contribution is 0.0943. The first kappa shape index (κ1) is 12.8. The molecule has 1 saturated carbocycles. The summed E-state index contributed by atoms with van der Waals surface area (Å²) in [6.07, 6.45) is 4.97. The van der Waals surface area contributed by atoms with Crippen molar-refractivity contribution in [3.05, 3.63) is 24.0 Å². The molecule has 1 heterocycles. The molecule has 2 rings (SSSR count). The summed E-state index contributed by atoms with van der Waals surface area (Å²) in [5.41, 5.74) is 1.43. The molecule has 1 aromatic heterocycles. The van der Waals surface area contributed by atoms with Gasteiger partial charge < -0.3 is 15.4 Å². The van der Waals surface area contributed by atoms with Crippen LogP contribution in [0.15, 0.2) is 18.3 Å². The Balaban J connectivity index is 1.78. The molecule has 18 heavy (non-hydrogen) atoms. The Bertz CT molecular complexity index is 388. The van der Waals surface area contributed by atoms with Gasteiger partial charge in [0.05, 0.1) is 11.9 Å². The lowest BCUT2D eigenvalue weighted by Crippen LogP contribution is -2.26. The van der Waals surface area contributed by atoms with Crippen LogP contribution in [0, 0.1) is 0 Å². The van der Waals surface area contributed by atoms with E-state index in [1.54, 1.807) is 19.4 Å². The van der Waals surface area contributed by atoms with Crippen LogP contribution in [0.2, 0.25) is 0 Å². The Morgan fingerprint density at radius 1 is 1.50 bits per heavy atom. The molecule has 5 nitrogen and oxygen atoms in total. The van der Waals surface area contributed by atoms with Crippen LogP contribution in [0.3, 0.4) is 0 Å². The predicted octanol–water partition coefficient (Wildman–Crippen LogP) is 1.42. The SMILES string of the molecule is COCCCNC(=O)c1ccc(NC2CC2)cn1. The average molecular weight is 249 g/mol. The first-order valence-corrected chi connectivity index (χ1v) is 6.29. The van der Waals surface area contributed by atoms with Gasteiger partial charge in [0.25, 0.3) is 5.91 Å². The number of methoxy groups -OCH3 is 1. The molecule has 0 aromatic carbocycles. The minimum atomic E-state index is -0.135. The van der Waals surface area contributed by atoms with Crippen molar-refractivity contribution in [3.8, 4) is 0 Å². The first-order valence-electron chi connectivity index (χ1n) is 6.29. The Morgan fingerprint density at radius 3 is 2.94 bits per heavy atom. The Labute approximate surface area is 107 Å². The summed E-state index contributed by atoms with van der Waals surface area (Å²) in [5.74, 6) is -0.135. The minimum Gasteiger partial charge on any atom is -0.385 e. The number of nitrogens with one attached hydrogen (secondary N) is 2. The highest BCUT2D eigenvalue weighted by Gasteiger charge is 2.20. The standard InChI is InChI=1S/C13H19N3O2/c1-18-8-2-7-14-13(17)12-6-5-11(9-15-12)16-10-3-4-10/h5-6,9-10,16H,2-4,7-8H2,1H3,(H,14,17). The normalized spacial score (nSPS) is 14.3. The highest BCUT2D eigenvalue weighted by atomic mass is 16.5. The number of hydrogen-bond donors (Lipinski definition) is 2. The summed E-state index contributed by atoms with van der Waals surface area (Å²) >= 11 is 0. The van der Waals surface area contributed by atoms with E-state index in [1.165, 1.54) is 12.8 Å². The van der Waals surface area contributed by atoms with Crippen molar-refractivity contribution in [1.29, 1.82) is 0 Å². The van der Waals surface area contributed by atoms with Gasteiger partial charge in [-0.05, 0) is 31.4 Å². The number of rotatable bonds is 7. The second-order valence-corrected chi connectivity index (χ2v) is 4.45. The second kappa shape index (κ2) is 6.35. The highest BCUT2D eigenvalue weighted by Crippen LogP contribution is 2.24. The van der Waals surface area contributed by atoms with E-state index in [1.807, 2.05) is 6.07 Å². The molecule has 1 aromatic rings. The van der Waals surface area contributed by atoms with Crippen LogP contribution in [0.5, 0.6) is 0 Å². The van der Waals surface area contributed by atoms with Gasteiger partial charge in [0.1, 0.15) is 5.69 Å². The number of hydrogen-bond acceptors (Lipinski definition) is 4. The Hall–Kier alpha value is -1.62. The number of anilines is 1. The van der Waals surface area contributed by atoms with Gasteiger partial charge in [-0.25, -0.2) is 4.98 Å². The molecule has 1 aliphatic carbocycles. The van der Waals surface area contributed by atoms with Gasteiger partial charge in [-0.3, -0.25) is 4.79 Å². The minimum absolute atomic E-state index is 0.135. The molecule has 5 heteroatoms. The topological polar surface area (TPSA) is 63.2 Å². The van der Waals surface area contributed by atoms with Crippen LogP contribution in [-0.4, -0.2) is 37.2 Å². The fourth-order valence-electron chi connectivity index (χ4n) is 1.59. The smallest absolute Gasteiger partial charge is 0.269 e. The number of pyridine rings is 1. The predicted molar refractivity (Wildman–Crippen MR) is 69.7 cm³/mol. The summed E-state index contributed by atoms with van der Waals surface area (Å²) in [5, 5.41) is 6.14. The zero-order chi connectivity index (χ0) is 12.8. The maximum Gasteiger partial charge on any atom is 0.269 e. The molecule has 0 unspecified atom stereocenters. The van der Waals surface area contributed by atoms with Crippen LogP contribution in [-0.2, 0) is 4.74 Å². The molecule has 0 saturated heterocycles. The third-order valence-corrected chi connectivity index (χ3v) is 2.76. The zero-order valence-corrected chi connectivity index (χ0v) is 10.6. The van der Waals surface area contributed by atoms with E-state index in [9.17, 15) is 4.79 Å². The van der Waals surface area contributed by atoms with Gasteiger partial charge in [0.15, 0.2) is 0 Å². The van der Waals surface area contributed by atoms with Crippen molar-refractivity contribution in [2.24, 2.45) is 0 Å². The van der Waals surface area contributed by atoms with Gasteiger partial charge in [-0.2, -0.15) is 0 Å². The largest absolute Gasteiger partial charge is 0.385 e. The molecule has 1 amide bonds. The third-order valence-electron chi connectivity index (χ3n) is 2.76. The maximum atomic E-state index is 11.7. The number of aromatic nitrogens is 1. The molecule has 0 radical (unpaired) electrons. The summed E-state index contributed by atoms with van der Waals surface area (Å²) in [6, 6.07) is 4.24. The molecule has 0 aliphatic heterocycles. The van der Waals surface area contributed by atoms with Crippen LogP contribution >= 0.6 is 0 Å². The fourth-order valence-corrected chi connectivity index (χ4v) is 1.59. The third kappa shape index (κ3) is 4.00. The number of nitrogens with zero attached hydrogens (tertiary/aromatic N) is 1. The number of carbonyl (C=O) groups is 1. The highest BCUT2D eigenvalue weighted by molar-refractivity contribution is 5.92. The van der Waals surface area contributed by atoms with Gasteiger partial charge >= 0.3 is 0 Å². The molecule has 0 spiro atoms. The van der Waals surface area contributed by atoms with E-state index < -0.39 is 0 Å². The first-order chi connectivity index (χ1) is 8.79. The van der Waals surface area contributed by atoms with Crippen LogP contribution in [0.4, 0.5) is 5.69 Å². The quantitative estimate of drug-likeness (QED) is 0.717. The maximum absolute atomic E-state index is 11.7. The van der Waals surface area contributed by atoms with E-state index in [2.05, 4.69) is 15.6 Å². The molecule has 1 aliphatic rings. The molecule has 1 fully saturated rings. The molecule has 2 N–H and O–H groups in total. The van der Waals surface area contributed by atoms with Crippen LogP contribution in [0.25, 0.3) is 0 Å². The van der Waals surface area contributed by atoms with Gasteiger partial charge in [-0.15, -0.1) is 0 Å². The molecule has 0 atom stereocenters. The molecular weight excluding hydrogens is 230 g/mol.